The summed E-state index contributed by atoms with van der Waals surface area (Å²) in [5, 5.41) is 8.50. The molecule has 0 bridgehead atoms. The number of hydrogen-bond acceptors (Lipinski definition) is 3. The van der Waals surface area contributed by atoms with E-state index in [1.165, 1.54) is 22.3 Å². The summed E-state index contributed by atoms with van der Waals surface area (Å²) in [7, 11) is 0. The molecule has 0 saturated heterocycles. The van der Waals surface area contributed by atoms with E-state index in [1.54, 1.807) is 4.68 Å². The summed E-state index contributed by atoms with van der Waals surface area (Å²) in [5.74, 6) is 0.562. The normalized spacial score (nSPS) is 10.9. The minimum Gasteiger partial charge on any atom is -0.382 e. The molecule has 0 unspecified atom stereocenters. The predicted octanol–water partition coefficient (Wildman–Crippen LogP) is 3.75. The third-order valence-corrected chi connectivity index (χ3v) is 4.22. The van der Waals surface area contributed by atoms with Crippen LogP contribution < -0.4 is 5.73 Å². The molecule has 2 N–H and O–H groups in total. The third kappa shape index (κ3) is 2.37. The number of nitrogens with two attached hydrogens (primary N) is 1. The smallest absolute Gasteiger partial charge is 0.155 e. The second-order valence-electron chi connectivity index (χ2n) is 5.80. The number of benzene rings is 2. The highest BCUT2D eigenvalue weighted by Crippen LogP contribution is 2.27. The minimum atomic E-state index is 0.562. The molecule has 2 aromatic carbocycles. The van der Waals surface area contributed by atoms with Gasteiger partial charge in [0.1, 0.15) is 5.69 Å². The maximum Gasteiger partial charge on any atom is 0.155 e. The molecule has 0 aliphatic rings. The molecule has 1 aromatic heterocycles. The van der Waals surface area contributed by atoms with E-state index >= 15 is 0 Å². The lowest BCUT2D eigenvalue weighted by atomic mass is 10.0. The Bertz CT molecular complexity index is 777. The van der Waals surface area contributed by atoms with E-state index in [4.69, 9.17) is 5.73 Å². The van der Waals surface area contributed by atoms with Gasteiger partial charge in [-0.3, -0.25) is 0 Å². The van der Waals surface area contributed by atoms with Crippen LogP contribution in [0.4, 0.5) is 5.82 Å². The molecule has 0 atom stereocenters. The number of nitrogen functional groups attached to an aromatic ring is 1. The summed E-state index contributed by atoms with van der Waals surface area (Å²) < 4.78 is 1.69. The van der Waals surface area contributed by atoms with E-state index in [9.17, 15) is 0 Å². The van der Waals surface area contributed by atoms with E-state index in [2.05, 4.69) is 62.3 Å². The Labute approximate surface area is 130 Å². The number of nitrogens with zero attached hydrogens (tertiary/aromatic N) is 3. The van der Waals surface area contributed by atoms with E-state index in [0.29, 0.717) is 5.82 Å². The Morgan fingerprint density at radius 1 is 0.818 bits per heavy atom. The Hall–Kier alpha value is -2.62. The van der Waals surface area contributed by atoms with Crippen LogP contribution in [0.25, 0.3) is 16.9 Å². The standard InChI is InChI=1S/C18H20N4/c1-11-5-7-15(9-13(11)3)17-18(19)22(21-20-17)16-8-6-12(2)14(4)10-16/h5-10H,19H2,1-4H3. The van der Waals surface area contributed by atoms with Crippen LogP contribution >= 0.6 is 0 Å². The topological polar surface area (TPSA) is 56.7 Å². The van der Waals surface area contributed by atoms with Crippen LogP contribution in [-0.4, -0.2) is 15.0 Å². The highest BCUT2D eigenvalue weighted by Gasteiger charge is 2.14. The maximum absolute atomic E-state index is 6.28. The molecule has 4 heteroatoms. The number of anilines is 1. The van der Waals surface area contributed by atoms with Gasteiger partial charge in [0.15, 0.2) is 5.82 Å². The predicted molar refractivity (Wildman–Crippen MR) is 90.2 cm³/mol. The second kappa shape index (κ2) is 5.30. The van der Waals surface area contributed by atoms with Crippen LogP contribution in [0, 0.1) is 27.7 Å². The SMILES string of the molecule is Cc1ccc(-c2nnn(-c3ccc(C)c(C)c3)c2N)cc1C. The van der Waals surface area contributed by atoms with E-state index in [0.717, 1.165) is 16.9 Å². The summed E-state index contributed by atoms with van der Waals surface area (Å²) in [4.78, 5) is 0. The van der Waals surface area contributed by atoms with Crippen LogP contribution in [-0.2, 0) is 0 Å². The first-order valence-corrected chi connectivity index (χ1v) is 7.34. The van der Waals surface area contributed by atoms with Crippen LogP contribution in [0.1, 0.15) is 22.3 Å². The van der Waals surface area contributed by atoms with Crippen molar-refractivity contribution in [2.24, 2.45) is 0 Å². The van der Waals surface area contributed by atoms with Crippen LogP contribution in [0.5, 0.6) is 0 Å². The molecule has 22 heavy (non-hydrogen) atoms. The summed E-state index contributed by atoms with van der Waals surface area (Å²) >= 11 is 0. The Kier molecular flexibility index (Phi) is 3.45. The summed E-state index contributed by atoms with van der Waals surface area (Å²) in [5.41, 5.74) is 13.9. The van der Waals surface area contributed by atoms with Gasteiger partial charge in [0.2, 0.25) is 0 Å². The highest BCUT2D eigenvalue weighted by atomic mass is 15.5. The van der Waals surface area contributed by atoms with Gasteiger partial charge in [0.25, 0.3) is 0 Å². The van der Waals surface area contributed by atoms with Gasteiger partial charge in [-0.1, -0.05) is 23.4 Å². The fourth-order valence-corrected chi connectivity index (χ4v) is 2.43. The molecule has 0 fully saturated rings. The van der Waals surface area contributed by atoms with Crippen molar-refractivity contribution >= 4 is 5.82 Å². The summed E-state index contributed by atoms with van der Waals surface area (Å²) in [6.07, 6.45) is 0. The summed E-state index contributed by atoms with van der Waals surface area (Å²) in [6.45, 7) is 8.34. The third-order valence-electron chi connectivity index (χ3n) is 4.22. The quantitative estimate of drug-likeness (QED) is 0.782. The zero-order chi connectivity index (χ0) is 15.9. The zero-order valence-electron chi connectivity index (χ0n) is 13.4. The molecule has 0 radical (unpaired) electrons. The first-order valence-electron chi connectivity index (χ1n) is 7.34. The first kappa shape index (κ1) is 14.3. The molecular weight excluding hydrogens is 272 g/mol. The lowest BCUT2D eigenvalue weighted by Crippen LogP contribution is -2.03. The lowest BCUT2D eigenvalue weighted by molar-refractivity contribution is 0.809. The average Bonchev–Trinajstić information content (AvgIpc) is 2.87. The molecule has 0 aliphatic heterocycles. The largest absolute Gasteiger partial charge is 0.382 e. The van der Waals surface area contributed by atoms with Crippen LogP contribution in [0.3, 0.4) is 0 Å². The molecule has 0 amide bonds. The van der Waals surface area contributed by atoms with Crippen molar-refractivity contribution in [2.75, 3.05) is 5.73 Å². The Morgan fingerprint density at radius 3 is 2.09 bits per heavy atom. The molecule has 112 valence electrons. The fourth-order valence-electron chi connectivity index (χ4n) is 2.43. The van der Waals surface area contributed by atoms with Crippen molar-refractivity contribution in [3.8, 4) is 16.9 Å². The molecule has 0 spiro atoms. The summed E-state index contributed by atoms with van der Waals surface area (Å²) in [6, 6.07) is 12.4. The molecule has 4 nitrogen and oxygen atoms in total. The van der Waals surface area contributed by atoms with Crippen LogP contribution in [0.15, 0.2) is 36.4 Å². The Morgan fingerprint density at radius 2 is 1.45 bits per heavy atom. The molecule has 0 saturated carbocycles. The zero-order valence-corrected chi connectivity index (χ0v) is 13.4. The van der Waals surface area contributed by atoms with Crippen molar-refractivity contribution in [3.05, 3.63) is 58.7 Å². The highest BCUT2D eigenvalue weighted by molar-refractivity contribution is 5.71. The van der Waals surface area contributed by atoms with Gasteiger partial charge >= 0.3 is 0 Å². The second-order valence-corrected chi connectivity index (χ2v) is 5.80. The van der Waals surface area contributed by atoms with Crippen LogP contribution in [0.2, 0.25) is 0 Å². The van der Waals surface area contributed by atoms with Crippen molar-refractivity contribution < 1.29 is 0 Å². The van der Waals surface area contributed by atoms with E-state index < -0.39 is 0 Å². The average molecular weight is 292 g/mol. The van der Waals surface area contributed by atoms with E-state index in [-0.39, 0.29) is 0 Å². The van der Waals surface area contributed by atoms with Crippen molar-refractivity contribution in [1.82, 2.24) is 15.0 Å². The van der Waals surface area contributed by atoms with Crippen molar-refractivity contribution in [1.29, 1.82) is 0 Å². The lowest BCUT2D eigenvalue weighted by Gasteiger charge is -2.07. The Balaban J connectivity index is 2.08. The number of aromatic nitrogens is 3. The monoisotopic (exact) mass is 292 g/mol. The number of aryl methyl sites for hydroxylation is 4. The first-order chi connectivity index (χ1) is 10.5. The fraction of sp³-hybridized carbons (Fsp3) is 0.222. The van der Waals surface area contributed by atoms with Gasteiger partial charge < -0.3 is 5.73 Å². The van der Waals surface area contributed by atoms with Gasteiger partial charge in [-0.15, -0.1) is 5.10 Å². The number of rotatable bonds is 2. The van der Waals surface area contributed by atoms with E-state index in [1.807, 2.05) is 12.1 Å². The van der Waals surface area contributed by atoms with Gasteiger partial charge in [-0.25, -0.2) is 0 Å². The molecule has 0 aliphatic carbocycles. The maximum atomic E-state index is 6.28. The molecule has 3 aromatic rings. The minimum absolute atomic E-state index is 0.562. The van der Waals surface area contributed by atoms with Crippen molar-refractivity contribution in [3.63, 3.8) is 0 Å². The van der Waals surface area contributed by atoms with Gasteiger partial charge in [-0.05, 0) is 68.1 Å². The van der Waals surface area contributed by atoms with Gasteiger partial charge in [0, 0.05) is 5.56 Å². The number of hydrogen-bond donors (Lipinski definition) is 1. The van der Waals surface area contributed by atoms with Gasteiger partial charge in [-0.2, -0.15) is 4.68 Å². The van der Waals surface area contributed by atoms with Crippen molar-refractivity contribution in [2.45, 2.75) is 27.7 Å². The molecular formula is C18H20N4. The van der Waals surface area contributed by atoms with Gasteiger partial charge in [0.05, 0.1) is 5.69 Å². The molecule has 1 heterocycles. The molecule has 3 rings (SSSR count).